The van der Waals surface area contributed by atoms with Gasteiger partial charge >= 0.3 is 6.16 Å². The first-order chi connectivity index (χ1) is 5.65. The molecule has 0 amide bonds. The molecule has 1 saturated heterocycles. The van der Waals surface area contributed by atoms with Crippen molar-refractivity contribution < 1.29 is 14.5 Å². The summed E-state index contributed by atoms with van der Waals surface area (Å²) in [6.07, 6.45) is 0.158. The smallest absolute Gasteiger partial charge is 0.322 e. The lowest BCUT2D eigenvalue weighted by atomic mass is 10.9. The molecule has 1 fully saturated rings. The fourth-order valence-corrected chi connectivity index (χ4v) is 0.681. The SMILES string of the molecule is CN1OC(=O)ON(/C=N/N)C1=S. The van der Waals surface area contributed by atoms with Crippen molar-refractivity contribution >= 4 is 29.8 Å². The van der Waals surface area contributed by atoms with Gasteiger partial charge in [0.25, 0.3) is 0 Å². The average molecular weight is 190 g/mol. The summed E-state index contributed by atoms with van der Waals surface area (Å²) in [4.78, 5) is 19.5. The number of rotatable bonds is 1. The van der Waals surface area contributed by atoms with Crippen LogP contribution < -0.4 is 5.84 Å². The Morgan fingerprint density at radius 1 is 1.67 bits per heavy atom. The fourth-order valence-electron chi connectivity index (χ4n) is 0.559. The van der Waals surface area contributed by atoms with Gasteiger partial charge in [-0.1, -0.05) is 0 Å². The van der Waals surface area contributed by atoms with Crippen LogP contribution >= 0.6 is 12.2 Å². The average Bonchev–Trinajstić information content (AvgIpc) is 2.00. The van der Waals surface area contributed by atoms with Gasteiger partial charge in [-0.3, -0.25) is 4.84 Å². The fraction of sp³-hybridized carbons (Fsp3) is 0.250. The standard InChI is InChI=1S/C4H6N4O3S/c1-7-3(12)8(2-6-5)11-4(9)10-7/h2H,5H2,1H3/b6-2+. The van der Waals surface area contributed by atoms with Gasteiger partial charge in [-0.15, -0.1) is 5.06 Å². The van der Waals surface area contributed by atoms with Gasteiger partial charge in [0, 0.05) is 7.05 Å². The quantitative estimate of drug-likeness (QED) is 0.194. The molecule has 1 heterocycles. The predicted molar refractivity (Wildman–Crippen MR) is 42.4 cm³/mol. The van der Waals surface area contributed by atoms with Crippen molar-refractivity contribution in [2.45, 2.75) is 0 Å². The van der Waals surface area contributed by atoms with Crippen LogP contribution in [0.15, 0.2) is 5.10 Å². The van der Waals surface area contributed by atoms with E-state index in [2.05, 4.69) is 14.8 Å². The van der Waals surface area contributed by atoms with Gasteiger partial charge in [0.2, 0.25) is 5.11 Å². The second kappa shape index (κ2) is 3.22. The molecule has 12 heavy (non-hydrogen) atoms. The zero-order valence-corrected chi connectivity index (χ0v) is 6.95. The summed E-state index contributed by atoms with van der Waals surface area (Å²) < 4.78 is 0. The molecule has 0 spiro atoms. The Morgan fingerprint density at radius 3 is 2.92 bits per heavy atom. The van der Waals surface area contributed by atoms with Crippen molar-refractivity contribution in [3.05, 3.63) is 0 Å². The van der Waals surface area contributed by atoms with E-state index in [0.717, 1.165) is 16.5 Å². The summed E-state index contributed by atoms with van der Waals surface area (Å²) in [6.45, 7) is 0. The lowest BCUT2D eigenvalue weighted by molar-refractivity contribution is -0.147. The van der Waals surface area contributed by atoms with Gasteiger partial charge in [-0.2, -0.15) is 15.0 Å². The molecule has 0 saturated carbocycles. The Balaban J connectivity index is 2.72. The lowest BCUT2D eigenvalue weighted by Crippen LogP contribution is -2.48. The van der Waals surface area contributed by atoms with Crippen LogP contribution in [-0.4, -0.2) is 34.8 Å². The molecular formula is C4H6N4O3S. The van der Waals surface area contributed by atoms with Crippen LogP contribution in [-0.2, 0) is 9.68 Å². The van der Waals surface area contributed by atoms with Gasteiger partial charge in [0.05, 0.1) is 0 Å². The summed E-state index contributed by atoms with van der Waals surface area (Å²) in [5.74, 6) is 4.83. The molecule has 2 N–H and O–H groups in total. The van der Waals surface area contributed by atoms with E-state index in [1.807, 2.05) is 0 Å². The van der Waals surface area contributed by atoms with E-state index >= 15 is 0 Å². The van der Waals surface area contributed by atoms with Crippen LogP contribution in [0.3, 0.4) is 0 Å². The number of hydrogen-bond donors (Lipinski definition) is 1. The number of nitrogens with two attached hydrogens (primary N) is 1. The van der Waals surface area contributed by atoms with Crippen molar-refractivity contribution in [2.24, 2.45) is 10.9 Å². The third-order valence-electron chi connectivity index (χ3n) is 1.01. The highest BCUT2D eigenvalue weighted by molar-refractivity contribution is 7.80. The molecule has 7 nitrogen and oxygen atoms in total. The number of hydroxylamine groups is 4. The summed E-state index contributed by atoms with van der Waals surface area (Å²) in [6, 6.07) is 0. The molecule has 1 aliphatic rings. The van der Waals surface area contributed by atoms with Gasteiger partial charge in [-0.25, -0.2) is 0 Å². The minimum absolute atomic E-state index is 0.129. The molecule has 0 aliphatic carbocycles. The highest BCUT2D eigenvalue weighted by atomic mass is 32.1. The first-order valence-corrected chi connectivity index (χ1v) is 3.26. The van der Waals surface area contributed by atoms with Crippen molar-refractivity contribution in [1.29, 1.82) is 0 Å². The molecule has 0 aromatic heterocycles. The number of nitrogens with zero attached hydrogens (tertiary/aromatic N) is 3. The van der Waals surface area contributed by atoms with E-state index in [0.29, 0.717) is 0 Å². The molecule has 0 aromatic rings. The zero-order chi connectivity index (χ0) is 9.14. The van der Waals surface area contributed by atoms with Gasteiger partial charge in [-0.05, 0) is 12.2 Å². The minimum Gasteiger partial charge on any atom is -0.322 e. The molecule has 1 rings (SSSR count). The third kappa shape index (κ3) is 1.53. The number of carbonyl (C=O) groups is 1. The van der Waals surface area contributed by atoms with Crippen LogP contribution in [0, 0.1) is 0 Å². The molecule has 1 aliphatic heterocycles. The number of carbonyl (C=O) groups excluding carboxylic acids is 1. The number of hydrogen-bond acceptors (Lipinski definition) is 6. The van der Waals surface area contributed by atoms with Gasteiger partial charge < -0.3 is 10.7 Å². The molecule has 8 heteroatoms. The third-order valence-corrected chi connectivity index (χ3v) is 1.45. The van der Waals surface area contributed by atoms with E-state index in [1.54, 1.807) is 0 Å². The molecule has 66 valence electrons. The summed E-state index contributed by atoms with van der Waals surface area (Å²) >= 11 is 4.77. The van der Waals surface area contributed by atoms with E-state index < -0.39 is 6.16 Å². The van der Waals surface area contributed by atoms with Gasteiger partial charge in [0.1, 0.15) is 0 Å². The van der Waals surface area contributed by atoms with Crippen LogP contribution in [0.4, 0.5) is 4.79 Å². The largest absolute Gasteiger partial charge is 0.559 e. The minimum atomic E-state index is -0.897. The maximum atomic E-state index is 10.6. The topological polar surface area (TPSA) is 80.4 Å². The maximum absolute atomic E-state index is 10.6. The Labute approximate surface area is 73.2 Å². The zero-order valence-electron chi connectivity index (χ0n) is 6.13. The highest BCUT2D eigenvalue weighted by Crippen LogP contribution is 2.06. The van der Waals surface area contributed by atoms with Crippen molar-refractivity contribution in [1.82, 2.24) is 10.1 Å². The van der Waals surface area contributed by atoms with Crippen LogP contribution in [0.1, 0.15) is 0 Å². The second-order valence-electron chi connectivity index (χ2n) is 1.80. The van der Waals surface area contributed by atoms with Crippen LogP contribution in [0.5, 0.6) is 0 Å². The lowest BCUT2D eigenvalue weighted by Gasteiger charge is -2.28. The summed E-state index contributed by atoms with van der Waals surface area (Å²) in [5, 5.41) is 5.24. The van der Waals surface area contributed by atoms with Crippen LogP contribution in [0.2, 0.25) is 0 Å². The molecule has 0 unspecified atom stereocenters. The second-order valence-corrected chi connectivity index (χ2v) is 2.17. The Morgan fingerprint density at radius 2 is 2.33 bits per heavy atom. The monoisotopic (exact) mass is 190 g/mol. The normalized spacial score (nSPS) is 18.1. The van der Waals surface area contributed by atoms with E-state index in [9.17, 15) is 4.79 Å². The highest BCUT2D eigenvalue weighted by Gasteiger charge is 2.27. The van der Waals surface area contributed by atoms with Crippen molar-refractivity contribution in [3.63, 3.8) is 0 Å². The molecular weight excluding hydrogens is 184 g/mol. The van der Waals surface area contributed by atoms with Crippen molar-refractivity contribution in [2.75, 3.05) is 7.05 Å². The molecule has 0 bridgehead atoms. The number of thiocarbonyl (C=S) groups is 1. The first kappa shape index (κ1) is 8.53. The maximum Gasteiger partial charge on any atom is 0.559 e. The first-order valence-electron chi connectivity index (χ1n) is 2.85. The van der Waals surface area contributed by atoms with E-state index in [-0.39, 0.29) is 5.11 Å². The van der Waals surface area contributed by atoms with Crippen molar-refractivity contribution in [3.8, 4) is 0 Å². The Hall–Kier alpha value is -1.57. The summed E-state index contributed by atoms with van der Waals surface area (Å²) in [5.41, 5.74) is 0. The van der Waals surface area contributed by atoms with Gasteiger partial charge in [0.15, 0.2) is 6.34 Å². The van der Waals surface area contributed by atoms with Crippen LogP contribution in [0.25, 0.3) is 0 Å². The molecule has 0 atom stereocenters. The van der Waals surface area contributed by atoms with E-state index in [4.69, 9.17) is 18.1 Å². The number of hydrazone groups is 1. The Bertz CT molecular complexity index is 242. The molecule has 0 aromatic carbocycles. The molecule has 0 radical (unpaired) electrons. The predicted octanol–water partition coefficient (Wildman–Crippen LogP) is -0.596. The Kier molecular flexibility index (Phi) is 2.29. The van der Waals surface area contributed by atoms with E-state index in [1.165, 1.54) is 7.05 Å². The summed E-state index contributed by atoms with van der Waals surface area (Å²) in [7, 11) is 1.46.